The van der Waals surface area contributed by atoms with Crippen LogP contribution in [0, 0.1) is 6.92 Å². The molecule has 0 unspecified atom stereocenters. The predicted molar refractivity (Wildman–Crippen MR) is 77.3 cm³/mol. The molecule has 21 heavy (non-hydrogen) atoms. The fourth-order valence-electron chi connectivity index (χ4n) is 2.29. The van der Waals surface area contributed by atoms with E-state index in [4.69, 9.17) is 5.11 Å². The number of carboxylic acid groups (broad SMARTS) is 1. The van der Waals surface area contributed by atoms with E-state index in [1.807, 2.05) is 30.3 Å². The summed E-state index contributed by atoms with van der Waals surface area (Å²) in [5.41, 5.74) is 2.43. The van der Waals surface area contributed by atoms with Crippen LogP contribution in [-0.4, -0.2) is 25.7 Å². The zero-order valence-electron chi connectivity index (χ0n) is 11.3. The number of nitrogens with one attached hydrogen (secondary N) is 1. The Morgan fingerprint density at radius 3 is 2.71 bits per heavy atom. The fourth-order valence-corrected chi connectivity index (χ4v) is 2.29. The maximum absolute atomic E-state index is 12.4. The van der Waals surface area contributed by atoms with E-state index >= 15 is 0 Å². The largest absolute Gasteiger partial charge is 0.481 e. The van der Waals surface area contributed by atoms with Gasteiger partial charge in [-0.15, -0.1) is 0 Å². The van der Waals surface area contributed by atoms with Crippen LogP contribution < -0.4 is 5.56 Å². The van der Waals surface area contributed by atoms with Gasteiger partial charge in [-0.3, -0.25) is 14.7 Å². The third kappa shape index (κ3) is 2.31. The Kier molecular flexibility index (Phi) is 3.06. The van der Waals surface area contributed by atoms with Crippen molar-refractivity contribution >= 4 is 11.6 Å². The molecule has 0 amide bonds. The Labute approximate surface area is 119 Å². The number of benzene rings is 1. The molecule has 0 saturated heterocycles. The molecule has 3 rings (SSSR count). The van der Waals surface area contributed by atoms with Crippen molar-refractivity contribution in [3.8, 4) is 11.3 Å². The van der Waals surface area contributed by atoms with Gasteiger partial charge in [0.25, 0.3) is 5.56 Å². The van der Waals surface area contributed by atoms with Gasteiger partial charge in [-0.1, -0.05) is 30.3 Å². The summed E-state index contributed by atoms with van der Waals surface area (Å²) in [6.45, 7) is 1.65. The summed E-state index contributed by atoms with van der Waals surface area (Å²) in [6, 6.07) is 11.3. The van der Waals surface area contributed by atoms with Gasteiger partial charge >= 0.3 is 5.97 Å². The van der Waals surface area contributed by atoms with Crippen molar-refractivity contribution < 1.29 is 9.90 Å². The van der Waals surface area contributed by atoms with Gasteiger partial charge in [0, 0.05) is 11.8 Å². The Morgan fingerprint density at radius 1 is 1.33 bits per heavy atom. The van der Waals surface area contributed by atoms with E-state index in [0.717, 1.165) is 11.3 Å². The van der Waals surface area contributed by atoms with Crippen LogP contribution >= 0.6 is 0 Å². The number of carboxylic acids is 1. The van der Waals surface area contributed by atoms with Crippen LogP contribution in [0.15, 0.2) is 41.2 Å². The van der Waals surface area contributed by atoms with Crippen molar-refractivity contribution in [1.82, 2.24) is 14.6 Å². The average Bonchev–Trinajstić information content (AvgIpc) is 2.88. The zero-order chi connectivity index (χ0) is 15.0. The van der Waals surface area contributed by atoms with E-state index in [1.165, 1.54) is 4.52 Å². The number of aryl methyl sites for hydroxylation is 1. The highest BCUT2D eigenvalue weighted by Crippen LogP contribution is 2.18. The molecule has 0 aliphatic rings. The van der Waals surface area contributed by atoms with E-state index < -0.39 is 5.97 Å². The van der Waals surface area contributed by atoms with Crippen LogP contribution in [0.25, 0.3) is 16.9 Å². The van der Waals surface area contributed by atoms with Gasteiger partial charge in [0.2, 0.25) is 0 Å². The van der Waals surface area contributed by atoms with Crippen LogP contribution in [0.4, 0.5) is 0 Å². The molecule has 0 fully saturated rings. The van der Waals surface area contributed by atoms with E-state index in [2.05, 4.69) is 10.1 Å². The van der Waals surface area contributed by atoms with Gasteiger partial charge in [0.15, 0.2) is 5.65 Å². The fraction of sp³-hybridized carbons (Fsp3) is 0.133. The molecule has 0 saturated carbocycles. The summed E-state index contributed by atoms with van der Waals surface area (Å²) >= 11 is 0. The Morgan fingerprint density at radius 2 is 2.05 bits per heavy atom. The second-order valence-corrected chi connectivity index (χ2v) is 4.78. The molecule has 2 heterocycles. The summed E-state index contributed by atoms with van der Waals surface area (Å²) in [5, 5.41) is 11.9. The van der Waals surface area contributed by atoms with E-state index in [-0.39, 0.29) is 17.5 Å². The number of hydrogen-bond acceptors (Lipinski definition) is 3. The van der Waals surface area contributed by atoms with E-state index in [1.54, 1.807) is 13.0 Å². The van der Waals surface area contributed by atoms with Crippen molar-refractivity contribution in [3.63, 3.8) is 0 Å². The zero-order valence-corrected chi connectivity index (χ0v) is 11.3. The number of aliphatic carboxylic acids is 1. The molecule has 2 N–H and O–H groups in total. The van der Waals surface area contributed by atoms with Crippen molar-refractivity contribution in [2.75, 3.05) is 0 Å². The highest BCUT2D eigenvalue weighted by atomic mass is 16.4. The lowest BCUT2D eigenvalue weighted by atomic mass is 10.1. The second-order valence-electron chi connectivity index (χ2n) is 4.78. The minimum atomic E-state index is -1.05. The average molecular weight is 283 g/mol. The quantitative estimate of drug-likeness (QED) is 0.764. The maximum atomic E-state index is 12.4. The minimum Gasteiger partial charge on any atom is -0.481 e. The smallest absolute Gasteiger partial charge is 0.308 e. The first-order valence-corrected chi connectivity index (χ1v) is 6.45. The highest BCUT2D eigenvalue weighted by molar-refractivity contribution is 5.71. The molecule has 106 valence electrons. The highest BCUT2D eigenvalue weighted by Gasteiger charge is 2.15. The molecule has 1 aromatic carbocycles. The van der Waals surface area contributed by atoms with Crippen LogP contribution in [0.2, 0.25) is 0 Å². The SMILES string of the molecule is Cc1nc2cc(-c3ccccc3)[nH]n2c(=O)c1CC(=O)O. The molecule has 0 aliphatic heterocycles. The lowest BCUT2D eigenvalue weighted by Gasteiger charge is -2.02. The second kappa shape index (κ2) is 4.90. The molecule has 0 spiro atoms. The number of nitrogens with zero attached hydrogens (tertiary/aromatic N) is 2. The number of rotatable bonds is 3. The number of carbonyl (C=O) groups is 1. The van der Waals surface area contributed by atoms with Gasteiger partial charge in [-0.05, 0) is 12.5 Å². The normalized spacial score (nSPS) is 10.9. The topological polar surface area (TPSA) is 87.5 Å². The first kappa shape index (κ1) is 13.1. The molecule has 0 aliphatic carbocycles. The summed E-state index contributed by atoms with van der Waals surface area (Å²) in [6.07, 6.45) is -0.333. The van der Waals surface area contributed by atoms with Crippen LogP contribution in [0.1, 0.15) is 11.3 Å². The van der Waals surface area contributed by atoms with Gasteiger partial charge in [0.05, 0.1) is 17.7 Å². The molecule has 2 aromatic heterocycles. The minimum absolute atomic E-state index is 0.196. The van der Waals surface area contributed by atoms with Crippen molar-refractivity contribution in [1.29, 1.82) is 0 Å². The molecule has 6 nitrogen and oxygen atoms in total. The third-order valence-corrected chi connectivity index (χ3v) is 3.33. The van der Waals surface area contributed by atoms with Gasteiger partial charge in [-0.25, -0.2) is 9.50 Å². The summed E-state index contributed by atoms with van der Waals surface area (Å²) in [5.74, 6) is -1.05. The number of hydrogen-bond donors (Lipinski definition) is 2. The standard InChI is InChI=1S/C15H13N3O3/c1-9-11(7-14(19)20)15(21)18-13(16-9)8-12(17-18)10-5-3-2-4-6-10/h2-6,8,17H,7H2,1H3,(H,19,20). The van der Waals surface area contributed by atoms with Crippen LogP contribution in [-0.2, 0) is 11.2 Å². The predicted octanol–water partition coefficient (Wildman–Crippen LogP) is 1.63. The van der Waals surface area contributed by atoms with Crippen molar-refractivity contribution in [2.24, 2.45) is 0 Å². The van der Waals surface area contributed by atoms with Gasteiger partial charge in [0.1, 0.15) is 0 Å². The maximum Gasteiger partial charge on any atom is 0.308 e. The van der Waals surface area contributed by atoms with Crippen molar-refractivity contribution in [3.05, 3.63) is 58.0 Å². The first-order chi connectivity index (χ1) is 10.1. The number of fused-ring (bicyclic) bond motifs is 1. The Balaban J connectivity index is 2.21. The first-order valence-electron chi connectivity index (χ1n) is 6.45. The summed E-state index contributed by atoms with van der Waals surface area (Å²) in [7, 11) is 0. The number of aromatic amines is 1. The molecule has 0 bridgehead atoms. The van der Waals surface area contributed by atoms with Gasteiger partial charge < -0.3 is 5.11 Å². The lowest BCUT2D eigenvalue weighted by Crippen LogP contribution is -2.23. The molecule has 6 heteroatoms. The van der Waals surface area contributed by atoms with Gasteiger partial charge in [-0.2, -0.15) is 0 Å². The molecular formula is C15H13N3O3. The molecule has 0 radical (unpaired) electrons. The molecule has 0 atom stereocenters. The van der Waals surface area contributed by atoms with Crippen LogP contribution in [0.3, 0.4) is 0 Å². The van der Waals surface area contributed by atoms with Crippen LogP contribution in [0.5, 0.6) is 0 Å². The Hall–Kier alpha value is -2.89. The Bertz CT molecular complexity index is 878. The number of aromatic nitrogens is 3. The van der Waals surface area contributed by atoms with E-state index in [9.17, 15) is 9.59 Å². The molecular weight excluding hydrogens is 270 g/mol. The van der Waals surface area contributed by atoms with Crippen molar-refractivity contribution in [2.45, 2.75) is 13.3 Å². The summed E-state index contributed by atoms with van der Waals surface area (Å²) < 4.78 is 1.29. The monoisotopic (exact) mass is 283 g/mol. The third-order valence-electron chi connectivity index (χ3n) is 3.33. The number of H-pyrrole nitrogens is 1. The van der Waals surface area contributed by atoms with E-state index in [0.29, 0.717) is 11.3 Å². The lowest BCUT2D eigenvalue weighted by molar-refractivity contribution is -0.136. The molecule has 3 aromatic rings. The summed E-state index contributed by atoms with van der Waals surface area (Å²) in [4.78, 5) is 27.5.